The van der Waals surface area contributed by atoms with E-state index in [1.165, 1.54) is 0 Å². The van der Waals surface area contributed by atoms with Gasteiger partial charge < -0.3 is 33.7 Å². The Hall–Kier alpha value is -5.92. The Bertz CT molecular complexity index is 2420. The number of hydrogen-bond donors (Lipinski definition) is 1. The lowest BCUT2D eigenvalue weighted by molar-refractivity contribution is 0.00612. The van der Waals surface area contributed by atoms with E-state index in [-0.39, 0.29) is 0 Å². The molecule has 1 heterocycles. The first-order valence-corrected chi connectivity index (χ1v) is 18.1. The second kappa shape index (κ2) is 12.9. The molecule has 7 nitrogen and oxygen atoms in total. The third kappa shape index (κ3) is 4.91. The van der Waals surface area contributed by atoms with Crippen molar-refractivity contribution in [3.05, 3.63) is 149 Å². The van der Waals surface area contributed by atoms with Crippen LogP contribution >= 0.6 is 0 Å². The van der Waals surface area contributed by atoms with Gasteiger partial charge in [-0.05, 0) is 70.1 Å². The maximum atomic E-state index is 13.8. The van der Waals surface area contributed by atoms with Gasteiger partial charge in [0.05, 0.1) is 28.4 Å². The predicted molar refractivity (Wildman–Crippen MR) is 216 cm³/mol. The van der Waals surface area contributed by atoms with E-state index in [4.69, 9.17) is 23.7 Å². The Balaban J connectivity index is 1.56. The first-order valence-electron chi connectivity index (χ1n) is 18.1. The quantitative estimate of drug-likeness (QED) is 0.168. The van der Waals surface area contributed by atoms with Crippen molar-refractivity contribution in [2.45, 2.75) is 30.5 Å². The van der Waals surface area contributed by atoms with Crippen molar-refractivity contribution >= 4 is 22.5 Å². The highest BCUT2D eigenvalue weighted by molar-refractivity contribution is 6.09. The Morgan fingerprint density at radius 1 is 0.611 bits per heavy atom. The number of fused-ring (bicyclic) bond motifs is 8. The van der Waals surface area contributed by atoms with Gasteiger partial charge in [0.1, 0.15) is 11.4 Å². The summed E-state index contributed by atoms with van der Waals surface area (Å²) in [5.41, 5.74) is 4.54. The number of anilines is 1. The second-order valence-corrected chi connectivity index (χ2v) is 14.7. The fraction of sp³-hybridized carbons (Fsp3) is 0.234. The minimum atomic E-state index is -1.55. The summed E-state index contributed by atoms with van der Waals surface area (Å²) >= 11 is 0. The van der Waals surface area contributed by atoms with Crippen molar-refractivity contribution in [2.24, 2.45) is 0 Å². The maximum absolute atomic E-state index is 13.8. The Kier molecular flexibility index (Phi) is 8.38. The molecule has 0 bridgehead atoms. The van der Waals surface area contributed by atoms with Crippen LogP contribution in [0.25, 0.3) is 28.0 Å². The van der Waals surface area contributed by atoms with Crippen LogP contribution < -0.4 is 28.6 Å². The van der Waals surface area contributed by atoms with Gasteiger partial charge in [0.25, 0.3) is 0 Å². The first kappa shape index (κ1) is 35.1. The van der Waals surface area contributed by atoms with Gasteiger partial charge in [-0.1, -0.05) is 92.7 Å². The number of ether oxygens (including phenoxy) is 5. The summed E-state index contributed by atoms with van der Waals surface area (Å²) in [5.74, 6) is 2.92. The number of aliphatic hydroxyl groups is 1. The number of nitrogens with zero attached hydrogens (tertiary/aromatic N) is 1. The topological polar surface area (TPSA) is 69.6 Å². The van der Waals surface area contributed by atoms with E-state index < -0.39 is 16.6 Å². The highest BCUT2D eigenvalue weighted by atomic mass is 16.5. The number of methoxy groups -OCH3 is 4. The molecule has 6 aromatic carbocycles. The molecule has 6 aromatic rings. The molecule has 0 spiro atoms. The van der Waals surface area contributed by atoms with E-state index in [1.807, 2.05) is 86.9 Å². The fourth-order valence-corrected chi connectivity index (χ4v) is 8.59. The minimum Gasteiger partial charge on any atom is -0.493 e. The van der Waals surface area contributed by atoms with Crippen LogP contribution in [0.3, 0.4) is 0 Å². The summed E-state index contributed by atoms with van der Waals surface area (Å²) in [6.07, 6.45) is 4.27. The van der Waals surface area contributed by atoms with Gasteiger partial charge in [0.2, 0.25) is 0 Å². The molecule has 2 aliphatic rings. The van der Waals surface area contributed by atoms with Crippen LogP contribution in [-0.4, -0.2) is 47.6 Å². The van der Waals surface area contributed by atoms with E-state index in [0.29, 0.717) is 28.7 Å². The molecule has 8 rings (SSSR count). The Labute approximate surface area is 317 Å². The summed E-state index contributed by atoms with van der Waals surface area (Å²) in [4.78, 5) is 2.08. The average molecular weight is 720 g/mol. The molecule has 2 unspecified atom stereocenters. The number of hydrogen-bond acceptors (Lipinski definition) is 7. The molecule has 7 heteroatoms. The monoisotopic (exact) mass is 719 g/mol. The second-order valence-electron chi connectivity index (χ2n) is 14.7. The van der Waals surface area contributed by atoms with Crippen LogP contribution in [0.4, 0.5) is 5.69 Å². The van der Waals surface area contributed by atoms with Crippen LogP contribution in [0.5, 0.6) is 28.7 Å². The van der Waals surface area contributed by atoms with Crippen LogP contribution in [0, 0.1) is 0 Å². The largest absolute Gasteiger partial charge is 0.493 e. The molecule has 1 aliphatic heterocycles. The van der Waals surface area contributed by atoms with Crippen LogP contribution in [0.1, 0.15) is 47.2 Å². The lowest BCUT2D eigenvalue weighted by Gasteiger charge is -2.51. The van der Waals surface area contributed by atoms with E-state index in [1.54, 1.807) is 28.4 Å². The van der Waals surface area contributed by atoms with Gasteiger partial charge >= 0.3 is 0 Å². The number of rotatable bonds is 8. The zero-order valence-corrected chi connectivity index (χ0v) is 32.0. The molecule has 0 saturated carbocycles. The van der Waals surface area contributed by atoms with E-state index >= 15 is 0 Å². The summed E-state index contributed by atoms with van der Waals surface area (Å²) < 4.78 is 31.2. The zero-order valence-electron chi connectivity index (χ0n) is 32.0. The summed E-state index contributed by atoms with van der Waals surface area (Å²) in [7, 11) is 10.6. The van der Waals surface area contributed by atoms with Gasteiger partial charge in [-0.2, -0.15) is 0 Å². The van der Waals surface area contributed by atoms with Gasteiger partial charge in [-0.15, -0.1) is 0 Å². The van der Waals surface area contributed by atoms with Gasteiger partial charge in [-0.25, -0.2) is 0 Å². The molecule has 0 aromatic heterocycles. The summed E-state index contributed by atoms with van der Waals surface area (Å²) in [6.45, 7) is 4.18. The number of benzene rings is 6. The van der Waals surface area contributed by atoms with Gasteiger partial charge in [-0.3, -0.25) is 0 Å². The lowest BCUT2D eigenvalue weighted by Crippen LogP contribution is -2.49. The molecule has 0 amide bonds. The molecule has 0 radical (unpaired) electrons. The smallest absolute Gasteiger partial charge is 0.178 e. The maximum Gasteiger partial charge on any atom is 0.178 e. The van der Waals surface area contributed by atoms with Crippen LogP contribution in [0.2, 0.25) is 0 Å². The van der Waals surface area contributed by atoms with Gasteiger partial charge in [0, 0.05) is 52.8 Å². The van der Waals surface area contributed by atoms with Crippen molar-refractivity contribution in [1.82, 2.24) is 0 Å². The third-order valence-electron chi connectivity index (χ3n) is 11.5. The van der Waals surface area contributed by atoms with Crippen molar-refractivity contribution in [1.29, 1.82) is 0 Å². The van der Waals surface area contributed by atoms with E-state index in [9.17, 15) is 5.11 Å². The predicted octanol–water partition coefficient (Wildman–Crippen LogP) is 9.48. The van der Waals surface area contributed by atoms with E-state index in [0.717, 1.165) is 61.0 Å². The summed E-state index contributed by atoms with van der Waals surface area (Å²) in [6, 6.07) is 36.7. The van der Waals surface area contributed by atoms with Crippen molar-refractivity contribution < 1.29 is 28.8 Å². The molecule has 2 atom stereocenters. The lowest BCUT2D eigenvalue weighted by atomic mass is 9.56. The molecule has 0 saturated heterocycles. The Morgan fingerprint density at radius 2 is 1.13 bits per heavy atom. The van der Waals surface area contributed by atoms with Crippen molar-refractivity contribution in [3.63, 3.8) is 0 Å². The highest BCUT2D eigenvalue weighted by Crippen LogP contribution is 2.63. The summed E-state index contributed by atoms with van der Waals surface area (Å²) in [5, 5.41) is 15.5. The molecular formula is C47H45NO6. The fourth-order valence-electron chi connectivity index (χ4n) is 8.59. The molecule has 54 heavy (non-hydrogen) atoms. The Morgan fingerprint density at radius 3 is 1.70 bits per heavy atom. The third-order valence-corrected chi connectivity index (χ3v) is 11.5. The normalized spacial score (nSPS) is 19.2. The molecule has 1 N–H and O–H groups in total. The molecule has 0 fully saturated rings. The molecule has 1 aliphatic carbocycles. The minimum absolute atomic E-state index is 0.558. The SMILES string of the molecule is COc1cc2c(cc1OC)C(C)(C)C(O)(c1ccccc1)c1c3c(c4cc(OC)c(OC)cc4c1-2)OC(c1ccccc1)(c1ccc(N(C)C)cc1)C=C3. The molecule has 274 valence electrons. The van der Waals surface area contributed by atoms with Crippen molar-refractivity contribution in [2.75, 3.05) is 47.4 Å². The van der Waals surface area contributed by atoms with Gasteiger partial charge in [0.15, 0.2) is 28.6 Å². The highest BCUT2D eigenvalue weighted by Gasteiger charge is 2.55. The van der Waals surface area contributed by atoms with Crippen LogP contribution in [0.15, 0.2) is 115 Å². The van der Waals surface area contributed by atoms with Crippen molar-refractivity contribution in [3.8, 4) is 39.9 Å². The zero-order chi connectivity index (χ0) is 38.0. The first-order chi connectivity index (χ1) is 26.0. The van der Waals surface area contributed by atoms with E-state index in [2.05, 4.69) is 67.3 Å². The van der Waals surface area contributed by atoms with Crippen LogP contribution in [-0.2, 0) is 16.6 Å². The average Bonchev–Trinajstić information content (AvgIpc) is 3.21. The standard InChI is InChI=1S/C47H45NO6/c1-45(2)37-28-41(53-8)40(52-7)27-36(37)42-34-25-38(50-5)39(51-6)26-35(34)44-33(43(42)47(45,49)31-17-13-10-14-18-31)23-24-46(54-44,29-15-11-9-12-16-29)30-19-21-32(22-20-30)48(3)4/h9-28,49H,1-8H3. The molecular weight excluding hydrogens is 675 g/mol.